The van der Waals surface area contributed by atoms with Crippen LogP contribution in [0.25, 0.3) is 6.08 Å². The monoisotopic (exact) mass is 186 g/mol. The van der Waals surface area contributed by atoms with Gasteiger partial charge in [0, 0.05) is 0 Å². The molecular weight excluding hydrogens is 168 g/mol. The van der Waals surface area contributed by atoms with Crippen LogP contribution in [-0.2, 0) is 0 Å². The first-order valence-corrected chi connectivity index (χ1v) is 5.62. The summed E-state index contributed by atoms with van der Waals surface area (Å²) in [6.45, 7) is 2.36. The van der Waals surface area contributed by atoms with E-state index >= 15 is 0 Å². The van der Waals surface area contributed by atoms with Gasteiger partial charge in [0.2, 0.25) is 0 Å². The molecule has 0 nitrogen and oxygen atoms in total. The first-order valence-electron chi connectivity index (χ1n) is 5.62. The summed E-state index contributed by atoms with van der Waals surface area (Å²) < 4.78 is 0. The van der Waals surface area contributed by atoms with Gasteiger partial charge in [0.1, 0.15) is 0 Å². The zero-order chi connectivity index (χ0) is 9.80. The van der Waals surface area contributed by atoms with Crippen molar-refractivity contribution < 1.29 is 0 Å². The third kappa shape index (κ3) is 2.25. The van der Waals surface area contributed by atoms with Gasteiger partial charge in [0.25, 0.3) is 0 Å². The highest BCUT2D eigenvalue weighted by atomic mass is 14.2. The van der Waals surface area contributed by atoms with Crippen LogP contribution in [0.3, 0.4) is 0 Å². The van der Waals surface area contributed by atoms with E-state index in [0.717, 1.165) is 5.92 Å². The Bertz CT molecular complexity index is 308. The molecular formula is C14H18. The van der Waals surface area contributed by atoms with Gasteiger partial charge in [-0.1, -0.05) is 55.3 Å². The van der Waals surface area contributed by atoms with Crippen LogP contribution in [0.2, 0.25) is 0 Å². The van der Waals surface area contributed by atoms with Gasteiger partial charge in [-0.25, -0.2) is 0 Å². The Morgan fingerprint density at radius 3 is 2.64 bits per heavy atom. The van der Waals surface area contributed by atoms with Crippen molar-refractivity contribution in [3.8, 4) is 0 Å². The van der Waals surface area contributed by atoms with Crippen molar-refractivity contribution in [2.24, 2.45) is 5.92 Å². The van der Waals surface area contributed by atoms with Crippen LogP contribution in [0.5, 0.6) is 0 Å². The van der Waals surface area contributed by atoms with Crippen molar-refractivity contribution in [3.63, 3.8) is 0 Å². The second-order valence-corrected chi connectivity index (χ2v) is 4.28. The molecule has 74 valence electrons. The Labute approximate surface area is 86.7 Å². The fourth-order valence-electron chi connectivity index (χ4n) is 2.19. The predicted octanol–water partition coefficient (Wildman–Crippen LogP) is 4.28. The van der Waals surface area contributed by atoms with Crippen LogP contribution in [0.4, 0.5) is 0 Å². The van der Waals surface area contributed by atoms with Crippen molar-refractivity contribution in [1.82, 2.24) is 0 Å². The summed E-state index contributed by atoms with van der Waals surface area (Å²) in [6.07, 6.45) is 7.84. The summed E-state index contributed by atoms with van der Waals surface area (Å²) in [6, 6.07) is 10.7. The third-order valence-corrected chi connectivity index (χ3v) is 3.14. The van der Waals surface area contributed by atoms with E-state index in [0.29, 0.717) is 0 Å². The molecule has 1 saturated carbocycles. The summed E-state index contributed by atoms with van der Waals surface area (Å²) in [5.41, 5.74) is 3.00. The second kappa shape index (κ2) is 4.45. The molecule has 0 heterocycles. The van der Waals surface area contributed by atoms with Crippen molar-refractivity contribution >= 4 is 6.08 Å². The highest BCUT2D eigenvalue weighted by molar-refractivity contribution is 5.53. The van der Waals surface area contributed by atoms with Gasteiger partial charge in [0.05, 0.1) is 0 Å². The molecule has 0 N–H and O–H groups in total. The molecule has 0 radical (unpaired) electrons. The van der Waals surface area contributed by atoms with Crippen LogP contribution < -0.4 is 0 Å². The van der Waals surface area contributed by atoms with Crippen molar-refractivity contribution in [2.75, 3.05) is 0 Å². The van der Waals surface area contributed by atoms with E-state index in [4.69, 9.17) is 0 Å². The Hall–Kier alpha value is -1.04. The fourth-order valence-corrected chi connectivity index (χ4v) is 2.19. The maximum Gasteiger partial charge on any atom is -0.0228 e. The Balaban J connectivity index is 2.17. The molecule has 1 fully saturated rings. The Morgan fingerprint density at radius 2 is 1.93 bits per heavy atom. The van der Waals surface area contributed by atoms with Crippen molar-refractivity contribution in [1.29, 1.82) is 0 Å². The maximum atomic E-state index is 2.38. The van der Waals surface area contributed by atoms with Crippen molar-refractivity contribution in [3.05, 3.63) is 41.5 Å². The topological polar surface area (TPSA) is 0 Å². The first kappa shape index (κ1) is 9.51. The molecule has 0 aliphatic heterocycles. The Morgan fingerprint density at radius 1 is 1.14 bits per heavy atom. The summed E-state index contributed by atoms with van der Waals surface area (Å²) in [4.78, 5) is 0. The smallest absolute Gasteiger partial charge is 0.0228 e. The predicted molar refractivity (Wildman–Crippen MR) is 62.1 cm³/mol. The van der Waals surface area contributed by atoms with E-state index in [9.17, 15) is 0 Å². The van der Waals surface area contributed by atoms with Crippen LogP contribution in [-0.4, -0.2) is 0 Å². The number of hydrogen-bond acceptors (Lipinski definition) is 0. The standard InChI is InChI=1S/C14H18/c1-12-7-5-6-10-14(12)11-13-8-3-2-4-9-13/h2-4,8-9,11-12H,5-7,10H2,1H3. The lowest BCUT2D eigenvalue weighted by Crippen LogP contribution is -2.05. The molecule has 1 aromatic rings. The molecule has 2 rings (SSSR count). The zero-order valence-electron chi connectivity index (χ0n) is 8.87. The number of allylic oxidation sites excluding steroid dienone is 1. The molecule has 0 saturated heterocycles. The quantitative estimate of drug-likeness (QED) is 0.614. The molecule has 1 aromatic carbocycles. The van der Waals surface area contributed by atoms with E-state index in [2.05, 4.69) is 43.3 Å². The van der Waals surface area contributed by atoms with E-state index in [1.54, 1.807) is 5.57 Å². The second-order valence-electron chi connectivity index (χ2n) is 4.28. The Kier molecular flexibility index (Phi) is 3.03. The van der Waals surface area contributed by atoms with E-state index in [1.165, 1.54) is 31.2 Å². The van der Waals surface area contributed by atoms with E-state index < -0.39 is 0 Å². The highest BCUT2D eigenvalue weighted by Crippen LogP contribution is 2.30. The molecule has 1 unspecified atom stereocenters. The summed E-state index contributed by atoms with van der Waals surface area (Å²) in [5, 5.41) is 0. The molecule has 0 spiro atoms. The lowest BCUT2D eigenvalue weighted by atomic mass is 9.84. The van der Waals surface area contributed by atoms with E-state index in [1.807, 2.05) is 0 Å². The highest BCUT2D eigenvalue weighted by Gasteiger charge is 2.13. The van der Waals surface area contributed by atoms with Crippen molar-refractivity contribution in [2.45, 2.75) is 32.6 Å². The molecule has 0 bridgehead atoms. The summed E-state index contributed by atoms with van der Waals surface area (Å²) >= 11 is 0. The van der Waals surface area contributed by atoms with Crippen LogP contribution in [0.15, 0.2) is 35.9 Å². The largest absolute Gasteiger partial charge is 0.0668 e. The van der Waals surface area contributed by atoms with Gasteiger partial charge < -0.3 is 0 Å². The molecule has 0 heteroatoms. The SMILES string of the molecule is CC1CCCCC1=Cc1ccccc1. The normalized spacial score (nSPS) is 25.2. The van der Waals surface area contributed by atoms with Gasteiger partial charge in [0.15, 0.2) is 0 Å². The van der Waals surface area contributed by atoms with Gasteiger partial charge >= 0.3 is 0 Å². The molecule has 1 atom stereocenters. The fraction of sp³-hybridized carbons (Fsp3) is 0.429. The van der Waals surface area contributed by atoms with Crippen LogP contribution in [0.1, 0.15) is 38.2 Å². The molecule has 14 heavy (non-hydrogen) atoms. The van der Waals surface area contributed by atoms with Gasteiger partial charge in [-0.3, -0.25) is 0 Å². The summed E-state index contributed by atoms with van der Waals surface area (Å²) in [5.74, 6) is 0.795. The molecule has 1 aliphatic carbocycles. The minimum atomic E-state index is 0.795. The third-order valence-electron chi connectivity index (χ3n) is 3.14. The first-order chi connectivity index (χ1) is 6.86. The van der Waals surface area contributed by atoms with E-state index in [-0.39, 0.29) is 0 Å². The minimum absolute atomic E-state index is 0.795. The zero-order valence-corrected chi connectivity index (χ0v) is 8.87. The number of benzene rings is 1. The molecule has 0 amide bonds. The minimum Gasteiger partial charge on any atom is -0.0668 e. The van der Waals surface area contributed by atoms with Gasteiger partial charge in [-0.2, -0.15) is 0 Å². The average Bonchev–Trinajstić information content (AvgIpc) is 2.23. The maximum absolute atomic E-state index is 2.38. The molecule has 0 aromatic heterocycles. The van der Waals surface area contributed by atoms with Gasteiger partial charge in [-0.05, 0) is 30.7 Å². The summed E-state index contributed by atoms with van der Waals surface area (Å²) in [7, 11) is 0. The number of hydrogen-bond donors (Lipinski definition) is 0. The lowest BCUT2D eigenvalue weighted by molar-refractivity contribution is 0.487. The molecule has 1 aliphatic rings. The van der Waals surface area contributed by atoms with Crippen LogP contribution >= 0.6 is 0 Å². The van der Waals surface area contributed by atoms with Gasteiger partial charge in [-0.15, -0.1) is 0 Å². The lowest BCUT2D eigenvalue weighted by Gasteiger charge is -2.21. The van der Waals surface area contributed by atoms with Crippen LogP contribution in [0, 0.1) is 5.92 Å². The number of rotatable bonds is 1. The average molecular weight is 186 g/mol.